The van der Waals surface area contributed by atoms with E-state index in [1.54, 1.807) is 17.1 Å². The van der Waals surface area contributed by atoms with Crippen molar-refractivity contribution >= 4 is 23.7 Å². The molecule has 1 aromatic carbocycles. The molecule has 8 atom stereocenters. The van der Waals surface area contributed by atoms with Gasteiger partial charge in [-0.3, -0.25) is 19.2 Å². The standard InChI is InChI=1S/C34H45N3O8/c1-4-6-18-36-19-12-8-11-15-26(39)35-24(21-43-3)29(22-13-9-7-10-14-22)44-33(42)27-25-16-17-34(45-25)28(27)31(40)37(23(5-2)20-38)30(34)32(36)41/h7-10,12-14,16-17,23-25,27-30,38H,4-6,11,15,18-21H2,1-3H3,(H,35,39)/b12-8-/t23-,24+,25-,27+,28+,29+,30-,34+/m0/s1. The van der Waals surface area contributed by atoms with Gasteiger partial charge >= 0.3 is 5.97 Å². The van der Waals surface area contributed by atoms with E-state index in [0.29, 0.717) is 24.9 Å². The first kappa shape index (κ1) is 32.8. The minimum atomic E-state index is -1.38. The predicted octanol–water partition coefficient (Wildman–Crippen LogP) is 2.30. The number of hydrogen-bond acceptors (Lipinski definition) is 8. The molecule has 4 aliphatic rings. The minimum absolute atomic E-state index is 0.0800. The van der Waals surface area contributed by atoms with Crippen molar-refractivity contribution in [1.82, 2.24) is 15.1 Å². The van der Waals surface area contributed by atoms with E-state index in [9.17, 15) is 24.3 Å². The van der Waals surface area contributed by atoms with Gasteiger partial charge in [0, 0.05) is 26.6 Å². The lowest BCUT2D eigenvalue weighted by molar-refractivity contribution is -0.163. The van der Waals surface area contributed by atoms with Crippen molar-refractivity contribution in [3.63, 3.8) is 0 Å². The quantitative estimate of drug-likeness (QED) is 0.316. The molecule has 2 saturated heterocycles. The van der Waals surface area contributed by atoms with E-state index in [1.807, 2.05) is 56.3 Å². The molecule has 11 heteroatoms. The molecular formula is C34H45N3O8. The number of aliphatic hydroxyl groups is 1. The lowest BCUT2D eigenvalue weighted by atomic mass is 9.74. The van der Waals surface area contributed by atoms with Crippen LogP contribution in [-0.4, -0.2) is 102 Å². The fourth-order valence-corrected chi connectivity index (χ4v) is 7.20. The SMILES string of the molecule is CCCCN1C/C=C\CCC(=O)N[C@H](COC)[C@@H](c2ccccc2)OC(=O)[C@@H]2[C@@H]3C=C[C@]4(O3)[C@H](C1=O)N([C@@H](CC)CO)C(=O)[C@@H]24. The van der Waals surface area contributed by atoms with Crippen LogP contribution in [0.15, 0.2) is 54.6 Å². The normalized spacial score (nSPS) is 33.2. The third kappa shape index (κ3) is 6.17. The van der Waals surface area contributed by atoms with Crippen molar-refractivity contribution in [2.75, 3.05) is 33.4 Å². The van der Waals surface area contributed by atoms with Gasteiger partial charge in [-0.1, -0.05) is 74.9 Å². The molecule has 0 unspecified atom stereocenters. The van der Waals surface area contributed by atoms with Gasteiger partial charge in [-0.05, 0) is 24.8 Å². The van der Waals surface area contributed by atoms with E-state index in [1.165, 1.54) is 12.0 Å². The Morgan fingerprint density at radius 1 is 1.11 bits per heavy atom. The number of nitrogens with zero attached hydrogens (tertiary/aromatic N) is 2. The van der Waals surface area contributed by atoms with Crippen LogP contribution in [-0.2, 0) is 33.4 Å². The van der Waals surface area contributed by atoms with Crippen LogP contribution in [0, 0.1) is 11.8 Å². The van der Waals surface area contributed by atoms with Crippen LogP contribution >= 0.6 is 0 Å². The summed E-state index contributed by atoms with van der Waals surface area (Å²) >= 11 is 0. The average Bonchev–Trinajstić information content (AvgIpc) is 3.69. The van der Waals surface area contributed by atoms with Gasteiger partial charge in [0.1, 0.15) is 23.7 Å². The van der Waals surface area contributed by atoms with Gasteiger partial charge in [-0.2, -0.15) is 0 Å². The second-order valence-electron chi connectivity index (χ2n) is 12.2. The topological polar surface area (TPSA) is 135 Å². The van der Waals surface area contributed by atoms with E-state index in [-0.39, 0.29) is 38.0 Å². The van der Waals surface area contributed by atoms with Crippen molar-refractivity contribution in [1.29, 1.82) is 0 Å². The number of amides is 3. The van der Waals surface area contributed by atoms with Gasteiger partial charge in [0.05, 0.1) is 37.3 Å². The number of carbonyl (C=O) groups is 4. The fourth-order valence-electron chi connectivity index (χ4n) is 7.20. The second-order valence-corrected chi connectivity index (χ2v) is 12.2. The summed E-state index contributed by atoms with van der Waals surface area (Å²) in [5.74, 6) is -3.63. The number of aliphatic hydroxyl groups excluding tert-OH is 1. The van der Waals surface area contributed by atoms with Crippen LogP contribution in [0.5, 0.6) is 0 Å². The number of benzene rings is 1. The smallest absolute Gasteiger partial charge is 0.313 e. The Morgan fingerprint density at radius 3 is 2.58 bits per heavy atom. The summed E-state index contributed by atoms with van der Waals surface area (Å²) in [6.07, 6.45) is 8.24. The highest BCUT2D eigenvalue weighted by Gasteiger charge is 2.74. The number of cyclic esters (lactones) is 1. The van der Waals surface area contributed by atoms with Crippen LogP contribution in [0.25, 0.3) is 0 Å². The first-order valence-corrected chi connectivity index (χ1v) is 16.1. The summed E-state index contributed by atoms with van der Waals surface area (Å²) < 4.78 is 18.2. The van der Waals surface area contributed by atoms with Crippen molar-refractivity contribution in [2.24, 2.45) is 11.8 Å². The van der Waals surface area contributed by atoms with Gasteiger partial charge in [-0.15, -0.1) is 0 Å². The molecule has 5 rings (SSSR count). The van der Waals surface area contributed by atoms with Crippen molar-refractivity contribution in [3.05, 3.63) is 60.2 Å². The molecular weight excluding hydrogens is 578 g/mol. The molecule has 3 amide bonds. The summed E-state index contributed by atoms with van der Waals surface area (Å²) in [4.78, 5) is 59.4. The number of hydrogen-bond donors (Lipinski definition) is 2. The molecule has 1 aromatic rings. The molecule has 0 saturated carbocycles. The highest BCUT2D eigenvalue weighted by Crippen LogP contribution is 2.56. The Labute approximate surface area is 264 Å². The van der Waals surface area contributed by atoms with E-state index in [2.05, 4.69) is 5.32 Å². The zero-order valence-corrected chi connectivity index (χ0v) is 26.3. The number of unbranched alkanes of at least 4 members (excludes halogenated alkanes) is 1. The number of methoxy groups -OCH3 is 1. The number of ether oxygens (including phenoxy) is 3. The van der Waals surface area contributed by atoms with Gasteiger partial charge in [0.2, 0.25) is 17.7 Å². The van der Waals surface area contributed by atoms with Gasteiger partial charge < -0.3 is 34.4 Å². The molecule has 244 valence electrons. The zero-order chi connectivity index (χ0) is 32.1. The number of esters is 1. The average molecular weight is 624 g/mol. The molecule has 2 N–H and O–H groups in total. The minimum Gasteiger partial charge on any atom is -0.455 e. The molecule has 4 aliphatic heterocycles. The number of likely N-dealkylation sites (tertiary alicyclic amines) is 1. The Bertz CT molecular complexity index is 1300. The largest absolute Gasteiger partial charge is 0.455 e. The molecule has 11 nitrogen and oxygen atoms in total. The zero-order valence-electron chi connectivity index (χ0n) is 26.3. The van der Waals surface area contributed by atoms with Crippen molar-refractivity contribution < 1.29 is 38.5 Å². The summed E-state index contributed by atoms with van der Waals surface area (Å²) in [6, 6.07) is 6.71. The summed E-state index contributed by atoms with van der Waals surface area (Å²) in [6.45, 7) is 4.39. The molecule has 5 bridgehead atoms. The van der Waals surface area contributed by atoms with Gasteiger partial charge in [-0.25, -0.2) is 0 Å². The fraction of sp³-hybridized carbons (Fsp3) is 0.588. The number of fused-ring (bicyclic) bond motifs is 2. The molecule has 0 radical (unpaired) electrons. The summed E-state index contributed by atoms with van der Waals surface area (Å²) in [5.41, 5.74) is -0.721. The Balaban J connectivity index is 1.60. The van der Waals surface area contributed by atoms with Crippen LogP contribution in [0.4, 0.5) is 0 Å². The maximum absolute atomic E-state index is 14.5. The number of rotatable bonds is 9. The molecule has 1 spiro atoms. The maximum atomic E-state index is 14.5. The first-order valence-electron chi connectivity index (χ1n) is 16.1. The highest BCUT2D eigenvalue weighted by atomic mass is 16.6. The molecule has 2 fully saturated rings. The van der Waals surface area contributed by atoms with Crippen LogP contribution < -0.4 is 5.32 Å². The molecule has 0 aromatic heterocycles. The lowest BCUT2D eigenvalue weighted by Gasteiger charge is -2.38. The molecule has 4 heterocycles. The van der Waals surface area contributed by atoms with Gasteiger partial charge in [0.15, 0.2) is 0 Å². The monoisotopic (exact) mass is 623 g/mol. The third-order valence-corrected chi connectivity index (χ3v) is 9.45. The summed E-state index contributed by atoms with van der Waals surface area (Å²) in [5, 5.41) is 13.3. The van der Waals surface area contributed by atoms with E-state index in [0.717, 1.165) is 12.8 Å². The Morgan fingerprint density at radius 2 is 1.89 bits per heavy atom. The van der Waals surface area contributed by atoms with Crippen LogP contribution in [0.3, 0.4) is 0 Å². The van der Waals surface area contributed by atoms with E-state index in [4.69, 9.17) is 14.2 Å². The highest BCUT2D eigenvalue weighted by molar-refractivity contribution is 5.99. The molecule has 0 aliphatic carbocycles. The number of allylic oxidation sites excluding steroid dienone is 1. The van der Waals surface area contributed by atoms with E-state index >= 15 is 0 Å². The lowest BCUT2D eigenvalue weighted by Crippen LogP contribution is -2.58. The second kappa shape index (κ2) is 14.3. The third-order valence-electron chi connectivity index (χ3n) is 9.45. The Kier molecular flexibility index (Phi) is 10.4. The predicted molar refractivity (Wildman–Crippen MR) is 164 cm³/mol. The first-order chi connectivity index (χ1) is 21.8. The van der Waals surface area contributed by atoms with Crippen LogP contribution in [0.1, 0.15) is 57.6 Å². The van der Waals surface area contributed by atoms with Crippen molar-refractivity contribution in [3.8, 4) is 0 Å². The number of carbonyl (C=O) groups excluding carboxylic acids is 4. The van der Waals surface area contributed by atoms with E-state index < -0.39 is 59.6 Å². The summed E-state index contributed by atoms with van der Waals surface area (Å²) in [7, 11) is 1.51. The van der Waals surface area contributed by atoms with Crippen LogP contribution in [0.2, 0.25) is 0 Å². The Hall–Kier alpha value is -3.54. The van der Waals surface area contributed by atoms with Gasteiger partial charge in [0.25, 0.3) is 0 Å². The van der Waals surface area contributed by atoms with Crippen molar-refractivity contribution in [2.45, 2.75) is 81.9 Å². The molecule has 45 heavy (non-hydrogen) atoms. The number of nitrogens with one attached hydrogen (secondary N) is 1. The maximum Gasteiger partial charge on any atom is 0.313 e.